The van der Waals surface area contributed by atoms with E-state index >= 15 is 0 Å². The van der Waals surface area contributed by atoms with Crippen LogP contribution in [-0.2, 0) is 7.05 Å². The van der Waals surface area contributed by atoms with Crippen molar-refractivity contribution in [1.29, 1.82) is 0 Å². The molecule has 7 rings (SSSR count). The summed E-state index contributed by atoms with van der Waals surface area (Å²) in [4.78, 5) is 24.3. The van der Waals surface area contributed by atoms with Crippen LogP contribution in [0.2, 0.25) is 0 Å². The Morgan fingerprint density at radius 3 is 2.79 bits per heavy atom. The first-order chi connectivity index (χ1) is 16.1. The van der Waals surface area contributed by atoms with Gasteiger partial charge in [-0.25, -0.2) is 4.98 Å². The topological polar surface area (TPSA) is 123 Å². The van der Waals surface area contributed by atoms with Crippen molar-refractivity contribution in [2.24, 2.45) is 24.6 Å². The standard InChI is InChI=1S/C23H23N9O/c1-25-14-5-3-4-11-17-20(28-19(11)14)29-23(30-22(17)32-8-12-13(9-32)18(12)24)33-16-7-6-15-21(27-16)31(2)10-26-15/h3-7,10,12-13,18,25H,8-9,24H2,1-2H3,(H,28,29,30). The van der Waals surface area contributed by atoms with Crippen LogP contribution in [0.3, 0.4) is 0 Å². The number of piperidine rings is 1. The minimum atomic E-state index is 0.258. The number of hydrogen-bond acceptors (Lipinski definition) is 8. The number of nitrogens with zero attached hydrogens (tertiary/aromatic N) is 6. The summed E-state index contributed by atoms with van der Waals surface area (Å²) in [5, 5.41) is 5.34. The van der Waals surface area contributed by atoms with Crippen LogP contribution < -0.4 is 20.7 Å². The summed E-state index contributed by atoms with van der Waals surface area (Å²) in [6, 6.07) is 10.4. The van der Waals surface area contributed by atoms with Crippen molar-refractivity contribution in [3.05, 3.63) is 36.7 Å². The molecule has 4 N–H and O–H groups in total. The van der Waals surface area contributed by atoms with Crippen LogP contribution in [0.4, 0.5) is 11.5 Å². The number of pyridine rings is 1. The maximum Gasteiger partial charge on any atom is 0.327 e. The molecule has 2 fully saturated rings. The number of rotatable bonds is 4. The summed E-state index contributed by atoms with van der Waals surface area (Å²) in [6.45, 7) is 1.80. The summed E-state index contributed by atoms with van der Waals surface area (Å²) < 4.78 is 7.93. The van der Waals surface area contributed by atoms with Crippen molar-refractivity contribution >= 4 is 44.6 Å². The van der Waals surface area contributed by atoms with Gasteiger partial charge < -0.3 is 30.2 Å². The van der Waals surface area contributed by atoms with Crippen LogP contribution in [0.5, 0.6) is 11.9 Å². The third-order valence-electron chi connectivity index (χ3n) is 7.00. The second-order valence-electron chi connectivity index (χ2n) is 8.92. The number of aromatic nitrogens is 6. The van der Waals surface area contributed by atoms with E-state index in [1.54, 1.807) is 12.4 Å². The Bertz CT molecular complexity index is 1540. The Labute approximate surface area is 188 Å². The summed E-state index contributed by atoms with van der Waals surface area (Å²) >= 11 is 0. The van der Waals surface area contributed by atoms with Gasteiger partial charge >= 0.3 is 6.01 Å². The van der Waals surface area contributed by atoms with Crippen LogP contribution in [0, 0.1) is 11.8 Å². The Kier molecular flexibility index (Phi) is 3.70. The van der Waals surface area contributed by atoms with Crippen molar-refractivity contribution in [2.75, 3.05) is 30.4 Å². The molecule has 5 heterocycles. The zero-order valence-corrected chi connectivity index (χ0v) is 18.3. The highest BCUT2D eigenvalue weighted by molar-refractivity contribution is 6.14. The molecule has 0 amide bonds. The number of benzene rings is 1. The Balaban J connectivity index is 1.38. The summed E-state index contributed by atoms with van der Waals surface area (Å²) in [5.41, 5.74) is 10.5. The Hall–Kier alpha value is -3.92. The molecular formula is C23H23N9O. The predicted molar refractivity (Wildman–Crippen MR) is 127 cm³/mol. The van der Waals surface area contributed by atoms with E-state index in [2.05, 4.69) is 31.2 Å². The van der Waals surface area contributed by atoms with Crippen LogP contribution in [-0.4, -0.2) is 55.7 Å². The Morgan fingerprint density at radius 1 is 1.12 bits per heavy atom. The lowest BCUT2D eigenvalue weighted by Gasteiger charge is -2.21. The fourth-order valence-electron chi connectivity index (χ4n) is 5.15. The number of H-pyrrole nitrogens is 1. The monoisotopic (exact) mass is 441 g/mol. The molecule has 2 atom stereocenters. The van der Waals surface area contributed by atoms with E-state index in [9.17, 15) is 0 Å². The molecule has 1 saturated heterocycles. The zero-order valence-electron chi connectivity index (χ0n) is 18.3. The number of anilines is 2. The molecular weight excluding hydrogens is 418 g/mol. The van der Waals surface area contributed by atoms with Gasteiger partial charge in [0.1, 0.15) is 17.0 Å². The number of ether oxygens (including phenoxy) is 1. The van der Waals surface area contributed by atoms with Crippen LogP contribution in [0.1, 0.15) is 0 Å². The average Bonchev–Trinajstić information content (AvgIpc) is 3.25. The first-order valence-electron chi connectivity index (χ1n) is 11.1. The maximum atomic E-state index is 6.20. The minimum Gasteiger partial charge on any atom is -0.405 e. The third-order valence-corrected chi connectivity index (χ3v) is 7.00. The molecule has 33 heavy (non-hydrogen) atoms. The molecule has 10 heteroatoms. The SMILES string of the molecule is CNc1cccc2c1[nH]c1nc(Oc3ccc4ncn(C)c4n3)nc(N3CC4C(N)C4C3)c12. The van der Waals surface area contributed by atoms with Gasteiger partial charge in [0.05, 0.1) is 22.9 Å². The quantitative estimate of drug-likeness (QED) is 0.389. The summed E-state index contributed by atoms with van der Waals surface area (Å²) in [7, 11) is 3.82. The van der Waals surface area contributed by atoms with Gasteiger partial charge in [0.25, 0.3) is 0 Å². The zero-order chi connectivity index (χ0) is 22.3. The fraction of sp³-hybridized carbons (Fsp3) is 0.304. The average molecular weight is 441 g/mol. The second kappa shape index (κ2) is 6.55. The number of para-hydroxylation sites is 1. The van der Waals surface area contributed by atoms with Gasteiger partial charge in [-0.3, -0.25) is 0 Å². The van der Waals surface area contributed by atoms with Gasteiger partial charge in [-0.2, -0.15) is 15.0 Å². The lowest BCUT2D eigenvalue weighted by atomic mass is 10.1. The molecule has 0 radical (unpaired) electrons. The number of aryl methyl sites for hydroxylation is 1. The van der Waals surface area contributed by atoms with Gasteiger partial charge in [0, 0.05) is 44.7 Å². The van der Waals surface area contributed by atoms with Gasteiger partial charge in [0.15, 0.2) is 5.65 Å². The predicted octanol–water partition coefficient (Wildman–Crippen LogP) is 2.62. The van der Waals surface area contributed by atoms with Crippen molar-refractivity contribution in [3.8, 4) is 11.9 Å². The number of imidazole rings is 1. The number of nitrogens with one attached hydrogen (secondary N) is 2. The van der Waals surface area contributed by atoms with Gasteiger partial charge in [0.2, 0.25) is 5.88 Å². The summed E-state index contributed by atoms with van der Waals surface area (Å²) in [5.74, 6) is 2.36. The van der Waals surface area contributed by atoms with E-state index in [4.69, 9.17) is 20.4 Å². The molecule has 10 nitrogen and oxygen atoms in total. The second-order valence-corrected chi connectivity index (χ2v) is 8.92. The van der Waals surface area contributed by atoms with Gasteiger partial charge in [-0.1, -0.05) is 12.1 Å². The minimum absolute atomic E-state index is 0.258. The molecule has 2 aliphatic rings. The maximum absolute atomic E-state index is 6.20. The molecule has 1 saturated carbocycles. The molecule has 0 bridgehead atoms. The van der Waals surface area contributed by atoms with Crippen LogP contribution in [0.15, 0.2) is 36.7 Å². The molecule has 1 aliphatic carbocycles. The smallest absolute Gasteiger partial charge is 0.327 e. The van der Waals surface area contributed by atoms with E-state index in [0.29, 0.717) is 23.8 Å². The van der Waals surface area contributed by atoms with Crippen molar-refractivity contribution in [2.45, 2.75) is 6.04 Å². The van der Waals surface area contributed by atoms with E-state index in [1.165, 1.54) is 0 Å². The Morgan fingerprint density at radius 2 is 1.97 bits per heavy atom. The lowest BCUT2D eigenvalue weighted by Crippen LogP contribution is -2.29. The first kappa shape index (κ1) is 18.6. The lowest BCUT2D eigenvalue weighted by molar-refractivity contribution is 0.428. The van der Waals surface area contributed by atoms with Crippen LogP contribution in [0.25, 0.3) is 33.1 Å². The van der Waals surface area contributed by atoms with E-state index in [0.717, 1.165) is 57.7 Å². The first-order valence-corrected chi connectivity index (χ1v) is 11.1. The fourth-order valence-corrected chi connectivity index (χ4v) is 5.15. The van der Waals surface area contributed by atoms with E-state index in [-0.39, 0.29) is 6.01 Å². The molecule has 1 aliphatic heterocycles. The highest BCUT2D eigenvalue weighted by Crippen LogP contribution is 2.47. The number of nitrogens with two attached hydrogens (primary N) is 1. The molecule has 1 aromatic carbocycles. The van der Waals surface area contributed by atoms with Crippen LogP contribution >= 0.6 is 0 Å². The van der Waals surface area contributed by atoms with E-state index < -0.39 is 0 Å². The van der Waals surface area contributed by atoms with Gasteiger partial charge in [-0.15, -0.1) is 0 Å². The van der Waals surface area contributed by atoms with Gasteiger partial charge in [-0.05, 0) is 24.0 Å². The summed E-state index contributed by atoms with van der Waals surface area (Å²) in [6.07, 6.45) is 1.73. The number of hydrogen-bond donors (Lipinski definition) is 3. The highest BCUT2D eigenvalue weighted by atomic mass is 16.5. The molecule has 0 spiro atoms. The third kappa shape index (κ3) is 2.70. The van der Waals surface area contributed by atoms with E-state index in [1.807, 2.05) is 36.9 Å². The number of fused-ring (bicyclic) bond motifs is 5. The normalized spacial score (nSPS) is 21.8. The van der Waals surface area contributed by atoms with Crippen molar-refractivity contribution in [1.82, 2.24) is 29.5 Å². The number of aromatic amines is 1. The molecule has 166 valence electrons. The van der Waals surface area contributed by atoms with Crippen molar-refractivity contribution in [3.63, 3.8) is 0 Å². The largest absolute Gasteiger partial charge is 0.405 e. The highest BCUT2D eigenvalue weighted by Gasteiger charge is 2.54. The van der Waals surface area contributed by atoms with Crippen molar-refractivity contribution < 1.29 is 4.74 Å². The molecule has 5 aromatic rings. The molecule has 2 unspecified atom stereocenters. The molecule has 4 aromatic heterocycles.